The molecular formula is C29H23Cl2FN4O3. The number of nitrogens with one attached hydrogen (secondary N) is 2. The lowest BCUT2D eigenvalue weighted by Crippen LogP contribution is -2.32. The summed E-state index contributed by atoms with van der Waals surface area (Å²) >= 11 is 12.2. The van der Waals surface area contributed by atoms with E-state index in [0.29, 0.717) is 32.7 Å². The molecule has 4 rings (SSSR count). The second-order valence-corrected chi connectivity index (χ2v) is 9.38. The van der Waals surface area contributed by atoms with Crippen molar-refractivity contribution in [1.29, 1.82) is 0 Å². The second kappa shape index (κ2) is 12.4. The molecule has 2 amide bonds. The van der Waals surface area contributed by atoms with E-state index in [9.17, 15) is 14.0 Å². The van der Waals surface area contributed by atoms with Gasteiger partial charge in [0.1, 0.15) is 23.0 Å². The first-order valence-electron chi connectivity index (χ1n) is 11.6. The van der Waals surface area contributed by atoms with Gasteiger partial charge in [0.25, 0.3) is 11.8 Å². The summed E-state index contributed by atoms with van der Waals surface area (Å²) in [6.45, 7) is 0. The van der Waals surface area contributed by atoms with Gasteiger partial charge in [-0.2, -0.15) is 5.10 Å². The van der Waals surface area contributed by atoms with Gasteiger partial charge in [0, 0.05) is 35.9 Å². The van der Waals surface area contributed by atoms with E-state index in [1.54, 1.807) is 42.5 Å². The molecule has 198 valence electrons. The van der Waals surface area contributed by atoms with Crippen LogP contribution in [0.3, 0.4) is 0 Å². The Bertz CT molecular complexity index is 1560. The highest BCUT2D eigenvalue weighted by atomic mass is 35.5. The molecule has 0 aliphatic carbocycles. The molecule has 1 aromatic heterocycles. The first kappa shape index (κ1) is 27.6. The topological polar surface area (TPSA) is 86.9 Å². The minimum Gasteiger partial charge on any atom is -0.455 e. The van der Waals surface area contributed by atoms with Crippen molar-refractivity contribution >= 4 is 53.0 Å². The van der Waals surface area contributed by atoms with Crippen LogP contribution in [0.4, 0.5) is 10.1 Å². The molecular weight excluding hydrogens is 542 g/mol. The number of hydrazone groups is 1. The lowest BCUT2D eigenvalue weighted by atomic mass is 10.1. The van der Waals surface area contributed by atoms with Crippen LogP contribution < -0.4 is 15.6 Å². The Hall–Kier alpha value is -4.40. The van der Waals surface area contributed by atoms with Crippen molar-refractivity contribution in [3.63, 3.8) is 0 Å². The van der Waals surface area contributed by atoms with Gasteiger partial charge in [-0.15, -0.1) is 0 Å². The number of amides is 2. The van der Waals surface area contributed by atoms with Gasteiger partial charge in [-0.05, 0) is 72.3 Å². The number of carbonyl (C=O) groups is 2. The number of hydrogen-bond acceptors (Lipinski definition) is 5. The highest BCUT2D eigenvalue weighted by Gasteiger charge is 2.15. The molecule has 0 fully saturated rings. The van der Waals surface area contributed by atoms with E-state index in [2.05, 4.69) is 15.8 Å². The zero-order valence-electron chi connectivity index (χ0n) is 20.9. The van der Waals surface area contributed by atoms with Crippen molar-refractivity contribution in [3.8, 4) is 11.3 Å². The van der Waals surface area contributed by atoms with Crippen LogP contribution in [0.1, 0.15) is 21.7 Å². The molecule has 0 saturated carbocycles. The maximum Gasteiger partial charge on any atom is 0.287 e. The van der Waals surface area contributed by atoms with Crippen LogP contribution in [0, 0.1) is 5.82 Å². The molecule has 4 aromatic rings. The zero-order valence-corrected chi connectivity index (χ0v) is 22.4. The molecule has 0 aliphatic rings. The highest BCUT2D eigenvalue weighted by molar-refractivity contribution is 6.36. The van der Waals surface area contributed by atoms with Gasteiger partial charge in [-0.3, -0.25) is 9.59 Å². The third kappa shape index (κ3) is 7.34. The van der Waals surface area contributed by atoms with E-state index in [4.69, 9.17) is 27.6 Å². The predicted octanol–water partition coefficient (Wildman–Crippen LogP) is 6.38. The van der Waals surface area contributed by atoms with Crippen LogP contribution in [0.25, 0.3) is 17.4 Å². The zero-order chi connectivity index (χ0) is 27.9. The molecule has 3 aromatic carbocycles. The molecule has 0 saturated heterocycles. The van der Waals surface area contributed by atoms with Crippen molar-refractivity contribution in [2.45, 2.75) is 0 Å². The Morgan fingerprint density at radius 2 is 1.74 bits per heavy atom. The quantitative estimate of drug-likeness (QED) is 0.148. The van der Waals surface area contributed by atoms with E-state index >= 15 is 0 Å². The highest BCUT2D eigenvalue weighted by Crippen LogP contribution is 2.31. The average molecular weight is 565 g/mol. The number of anilines is 1. The fourth-order valence-corrected chi connectivity index (χ4v) is 3.99. The molecule has 0 bridgehead atoms. The van der Waals surface area contributed by atoms with E-state index < -0.39 is 17.6 Å². The Balaban J connectivity index is 1.52. The third-order valence-corrected chi connectivity index (χ3v) is 6.03. The fraction of sp³-hybridized carbons (Fsp3) is 0.0690. The van der Waals surface area contributed by atoms with Gasteiger partial charge in [0.05, 0.1) is 11.2 Å². The van der Waals surface area contributed by atoms with Gasteiger partial charge in [-0.1, -0.05) is 41.4 Å². The molecule has 2 N–H and O–H groups in total. The first-order valence-corrected chi connectivity index (χ1v) is 12.4. The fourth-order valence-electron chi connectivity index (χ4n) is 3.49. The van der Waals surface area contributed by atoms with Crippen molar-refractivity contribution in [3.05, 3.63) is 117 Å². The summed E-state index contributed by atoms with van der Waals surface area (Å²) in [6.07, 6.45) is 2.80. The lowest BCUT2D eigenvalue weighted by molar-refractivity contribution is -0.117. The summed E-state index contributed by atoms with van der Waals surface area (Å²) in [4.78, 5) is 27.7. The standard InChI is InChI=1S/C29H23Cl2FN4O3/c1-36(2)22-9-6-18(7-10-22)14-26(34-28(37)19-4-3-5-21(32)15-19)29(38)35-33-17-23-11-13-27(39-23)24-12-8-20(30)16-25(24)31/h3-17H,1-2H3,(H,34,37)(H,35,38). The maximum atomic E-state index is 13.6. The number of hydrogen-bond donors (Lipinski definition) is 2. The first-order chi connectivity index (χ1) is 18.7. The summed E-state index contributed by atoms with van der Waals surface area (Å²) in [7, 11) is 3.82. The summed E-state index contributed by atoms with van der Waals surface area (Å²) in [5, 5.41) is 7.42. The molecule has 0 radical (unpaired) electrons. The van der Waals surface area contributed by atoms with Crippen LogP contribution in [-0.4, -0.2) is 32.1 Å². The van der Waals surface area contributed by atoms with E-state index in [-0.39, 0.29) is 11.3 Å². The van der Waals surface area contributed by atoms with E-state index in [1.165, 1.54) is 30.5 Å². The second-order valence-electron chi connectivity index (χ2n) is 8.53. The van der Waals surface area contributed by atoms with Crippen molar-refractivity contribution in [2.75, 3.05) is 19.0 Å². The number of furan rings is 1. The number of rotatable bonds is 8. The normalized spacial score (nSPS) is 11.5. The summed E-state index contributed by atoms with van der Waals surface area (Å²) < 4.78 is 19.4. The monoisotopic (exact) mass is 564 g/mol. The van der Waals surface area contributed by atoms with Gasteiger partial charge in [0.2, 0.25) is 0 Å². The van der Waals surface area contributed by atoms with E-state index in [0.717, 1.165) is 11.8 Å². The average Bonchev–Trinajstić information content (AvgIpc) is 3.37. The maximum absolute atomic E-state index is 13.6. The Morgan fingerprint density at radius 1 is 0.974 bits per heavy atom. The van der Waals surface area contributed by atoms with Crippen LogP contribution >= 0.6 is 23.2 Å². The molecule has 10 heteroatoms. The molecule has 39 heavy (non-hydrogen) atoms. The summed E-state index contributed by atoms with van der Waals surface area (Å²) in [5.74, 6) is -1.07. The third-order valence-electron chi connectivity index (χ3n) is 5.48. The Labute approximate surface area is 234 Å². The van der Waals surface area contributed by atoms with Gasteiger partial charge >= 0.3 is 0 Å². The van der Waals surface area contributed by atoms with Crippen molar-refractivity contribution in [1.82, 2.24) is 10.7 Å². The Morgan fingerprint density at radius 3 is 2.44 bits per heavy atom. The van der Waals surface area contributed by atoms with Crippen LogP contribution in [0.15, 0.2) is 94.1 Å². The predicted molar refractivity (Wildman–Crippen MR) is 153 cm³/mol. The largest absolute Gasteiger partial charge is 0.455 e. The van der Waals surface area contributed by atoms with Crippen molar-refractivity contribution in [2.24, 2.45) is 5.10 Å². The van der Waals surface area contributed by atoms with Gasteiger partial charge in [0.15, 0.2) is 0 Å². The number of halogens is 3. The Kier molecular flexibility index (Phi) is 8.81. The smallest absolute Gasteiger partial charge is 0.287 e. The minimum absolute atomic E-state index is 0.0594. The lowest BCUT2D eigenvalue weighted by Gasteiger charge is -2.12. The van der Waals surface area contributed by atoms with Crippen LogP contribution in [0.2, 0.25) is 10.0 Å². The minimum atomic E-state index is -0.694. The van der Waals surface area contributed by atoms with Gasteiger partial charge < -0.3 is 14.6 Å². The van der Waals surface area contributed by atoms with Crippen LogP contribution in [0.5, 0.6) is 0 Å². The number of carbonyl (C=O) groups excluding carboxylic acids is 2. The molecule has 0 aliphatic heterocycles. The van der Waals surface area contributed by atoms with Crippen LogP contribution in [-0.2, 0) is 4.79 Å². The van der Waals surface area contributed by atoms with Crippen molar-refractivity contribution < 1.29 is 18.4 Å². The van der Waals surface area contributed by atoms with Gasteiger partial charge in [-0.25, -0.2) is 9.82 Å². The number of nitrogens with zero attached hydrogens (tertiary/aromatic N) is 2. The summed E-state index contributed by atoms with van der Waals surface area (Å²) in [5.41, 5.74) is 4.62. The molecule has 1 heterocycles. The summed E-state index contributed by atoms with van der Waals surface area (Å²) in [6, 6.07) is 20.9. The molecule has 0 unspecified atom stereocenters. The van der Waals surface area contributed by atoms with E-state index in [1.807, 2.05) is 31.1 Å². The molecule has 7 nitrogen and oxygen atoms in total. The number of benzene rings is 3. The SMILES string of the molecule is CN(C)c1ccc(C=C(NC(=O)c2cccc(F)c2)C(=O)NN=Cc2ccc(-c3ccc(Cl)cc3Cl)o2)cc1. The molecule has 0 atom stereocenters. The molecule has 0 spiro atoms.